The Labute approximate surface area is 151 Å². The Hall–Kier alpha value is -2.83. The third kappa shape index (κ3) is 3.56. The van der Waals surface area contributed by atoms with Crippen molar-refractivity contribution in [3.8, 4) is 5.75 Å². The molecule has 1 aromatic carbocycles. The molecule has 0 unspecified atom stereocenters. The Morgan fingerprint density at radius 2 is 2.00 bits per heavy atom. The topological polar surface area (TPSA) is 110 Å². The van der Waals surface area contributed by atoms with E-state index < -0.39 is 23.8 Å². The van der Waals surface area contributed by atoms with Crippen LogP contribution in [-0.4, -0.2) is 35.2 Å². The van der Waals surface area contributed by atoms with Crippen molar-refractivity contribution in [2.45, 2.75) is 40.2 Å². The number of esters is 1. The molecule has 26 heavy (non-hydrogen) atoms. The van der Waals surface area contributed by atoms with Gasteiger partial charge in [-0.2, -0.15) is 0 Å². The van der Waals surface area contributed by atoms with Crippen LogP contribution in [0.1, 0.15) is 57.7 Å². The number of hydrogen-bond acceptors (Lipinski definition) is 5. The van der Waals surface area contributed by atoms with Crippen LogP contribution in [0.2, 0.25) is 0 Å². The molecule has 0 aromatic heterocycles. The van der Waals surface area contributed by atoms with Crippen LogP contribution in [0.3, 0.4) is 0 Å². The van der Waals surface area contributed by atoms with Crippen LogP contribution in [0.4, 0.5) is 0 Å². The van der Waals surface area contributed by atoms with Gasteiger partial charge in [0.1, 0.15) is 12.4 Å². The maximum atomic E-state index is 12.0. The van der Waals surface area contributed by atoms with Gasteiger partial charge in [0.05, 0.1) is 24.2 Å². The average molecular weight is 362 g/mol. The van der Waals surface area contributed by atoms with Crippen molar-refractivity contribution >= 4 is 17.9 Å². The molecule has 1 atom stereocenters. The number of ether oxygens (including phenoxy) is 2. The predicted octanol–water partition coefficient (Wildman–Crippen LogP) is 2.97. The van der Waals surface area contributed by atoms with E-state index in [1.165, 1.54) is 7.11 Å². The number of methoxy groups -OCH3 is 1. The number of allylic oxidation sites excluding steroid dienone is 2. The van der Waals surface area contributed by atoms with E-state index in [0.717, 1.165) is 5.57 Å². The molecule has 1 aliphatic rings. The molecule has 0 amide bonds. The van der Waals surface area contributed by atoms with Gasteiger partial charge in [-0.1, -0.05) is 18.6 Å². The van der Waals surface area contributed by atoms with E-state index in [1.807, 2.05) is 0 Å². The Morgan fingerprint density at radius 1 is 1.35 bits per heavy atom. The van der Waals surface area contributed by atoms with Crippen molar-refractivity contribution in [2.75, 3.05) is 7.11 Å². The summed E-state index contributed by atoms with van der Waals surface area (Å²) < 4.78 is 10.4. The van der Waals surface area contributed by atoms with Gasteiger partial charge in [0.15, 0.2) is 0 Å². The molecule has 140 valence electrons. The van der Waals surface area contributed by atoms with Crippen LogP contribution in [0.25, 0.3) is 0 Å². The molecule has 1 heterocycles. The first kappa shape index (κ1) is 19.5. The smallest absolute Gasteiger partial charge is 0.339 e. The summed E-state index contributed by atoms with van der Waals surface area (Å²) in [6.07, 6.45) is 2.34. The standard InChI is InChI=1S/C19H22O7/c1-9(7-10(2)17(20)21)5-6-12-14(18(22)23)15-13(8-26-19(15)24)11(3)16(12)25-4/h5,10H,6-8H2,1-4H3,(H,20,21)(H,22,23)/t10-/m1/s1. The second kappa shape index (κ2) is 7.59. The molecule has 7 heteroatoms. The fourth-order valence-electron chi connectivity index (χ4n) is 3.22. The minimum absolute atomic E-state index is 0.0297. The fourth-order valence-corrected chi connectivity index (χ4v) is 3.22. The zero-order valence-corrected chi connectivity index (χ0v) is 15.2. The summed E-state index contributed by atoms with van der Waals surface area (Å²) in [6, 6.07) is 0. The summed E-state index contributed by atoms with van der Waals surface area (Å²) in [5, 5.41) is 18.7. The molecule has 0 saturated heterocycles. The van der Waals surface area contributed by atoms with Gasteiger partial charge in [0.25, 0.3) is 0 Å². The van der Waals surface area contributed by atoms with Crippen LogP contribution in [0.5, 0.6) is 5.75 Å². The molecular formula is C19H22O7. The summed E-state index contributed by atoms with van der Waals surface area (Å²) in [5.74, 6) is -2.89. The summed E-state index contributed by atoms with van der Waals surface area (Å²) >= 11 is 0. The number of cyclic esters (lactones) is 1. The monoisotopic (exact) mass is 362 g/mol. The molecule has 2 N–H and O–H groups in total. The molecule has 0 fully saturated rings. The third-order valence-electron chi connectivity index (χ3n) is 4.59. The van der Waals surface area contributed by atoms with Gasteiger partial charge in [0.2, 0.25) is 0 Å². The molecule has 1 aromatic rings. The Kier molecular flexibility index (Phi) is 5.69. The number of aromatic carboxylic acids is 1. The Morgan fingerprint density at radius 3 is 2.54 bits per heavy atom. The van der Waals surface area contributed by atoms with Gasteiger partial charge >= 0.3 is 17.9 Å². The molecular weight excluding hydrogens is 340 g/mol. The lowest BCUT2D eigenvalue weighted by Gasteiger charge is -2.17. The summed E-state index contributed by atoms with van der Waals surface area (Å²) in [5.41, 5.74) is 2.39. The number of carbonyl (C=O) groups excluding carboxylic acids is 1. The van der Waals surface area contributed by atoms with E-state index in [-0.39, 0.29) is 24.2 Å². The van der Waals surface area contributed by atoms with E-state index in [4.69, 9.17) is 14.6 Å². The fraction of sp³-hybridized carbons (Fsp3) is 0.421. The van der Waals surface area contributed by atoms with Gasteiger partial charge in [0, 0.05) is 11.1 Å². The van der Waals surface area contributed by atoms with E-state index >= 15 is 0 Å². The highest BCUT2D eigenvalue weighted by atomic mass is 16.5. The first-order chi connectivity index (χ1) is 12.2. The molecule has 0 bridgehead atoms. The normalized spacial score (nSPS) is 14.6. The van der Waals surface area contributed by atoms with Gasteiger partial charge in [-0.05, 0) is 32.3 Å². The molecule has 0 aliphatic carbocycles. The SMILES string of the molecule is COc1c(C)c2c(c(C(=O)O)c1CC=C(C)C[C@@H](C)C(=O)O)C(=O)OC2. The number of carboxylic acid groups (broad SMARTS) is 2. The zero-order valence-electron chi connectivity index (χ0n) is 15.2. The van der Waals surface area contributed by atoms with Gasteiger partial charge in [-0.25, -0.2) is 9.59 Å². The predicted molar refractivity (Wildman–Crippen MR) is 92.7 cm³/mol. The van der Waals surface area contributed by atoms with Crippen molar-refractivity contribution < 1.29 is 34.1 Å². The van der Waals surface area contributed by atoms with E-state index in [0.29, 0.717) is 28.9 Å². The highest BCUT2D eigenvalue weighted by Crippen LogP contribution is 2.38. The number of carboxylic acids is 2. The lowest BCUT2D eigenvalue weighted by molar-refractivity contribution is -0.141. The van der Waals surface area contributed by atoms with Crippen molar-refractivity contribution in [1.29, 1.82) is 0 Å². The maximum absolute atomic E-state index is 12.0. The maximum Gasteiger partial charge on any atom is 0.339 e. The number of fused-ring (bicyclic) bond motifs is 1. The van der Waals surface area contributed by atoms with Gasteiger partial charge < -0.3 is 19.7 Å². The largest absolute Gasteiger partial charge is 0.496 e. The van der Waals surface area contributed by atoms with Crippen LogP contribution >= 0.6 is 0 Å². The van der Waals surface area contributed by atoms with Crippen molar-refractivity contribution in [3.63, 3.8) is 0 Å². The van der Waals surface area contributed by atoms with Crippen LogP contribution in [0.15, 0.2) is 11.6 Å². The van der Waals surface area contributed by atoms with E-state index in [1.54, 1.807) is 26.8 Å². The lowest BCUT2D eigenvalue weighted by atomic mass is 9.89. The molecule has 0 saturated carbocycles. The number of hydrogen-bond donors (Lipinski definition) is 2. The van der Waals surface area contributed by atoms with E-state index in [2.05, 4.69) is 0 Å². The van der Waals surface area contributed by atoms with Crippen molar-refractivity contribution in [2.24, 2.45) is 5.92 Å². The van der Waals surface area contributed by atoms with Crippen LogP contribution < -0.4 is 4.74 Å². The Bertz CT molecular complexity index is 805. The first-order valence-electron chi connectivity index (χ1n) is 8.20. The Balaban J connectivity index is 2.52. The molecule has 1 aliphatic heterocycles. The van der Waals surface area contributed by atoms with Gasteiger partial charge in [-0.15, -0.1) is 0 Å². The van der Waals surface area contributed by atoms with Crippen molar-refractivity contribution in [1.82, 2.24) is 0 Å². The number of aliphatic carboxylic acids is 1. The summed E-state index contributed by atoms with van der Waals surface area (Å²) in [4.78, 5) is 34.9. The van der Waals surface area contributed by atoms with Crippen molar-refractivity contribution in [3.05, 3.63) is 39.5 Å². The summed E-state index contributed by atoms with van der Waals surface area (Å²) in [6.45, 7) is 5.19. The van der Waals surface area contributed by atoms with E-state index in [9.17, 15) is 19.5 Å². The molecule has 2 rings (SSSR count). The minimum atomic E-state index is -1.22. The number of carbonyl (C=O) groups is 3. The minimum Gasteiger partial charge on any atom is -0.496 e. The highest BCUT2D eigenvalue weighted by molar-refractivity contribution is 6.07. The zero-order chi connectivity index (χ0) is 19.6. The number of benzene rings is 1. The van der Waals surface area contributed by atoms with Gasteiger partial charge in [-0.3, -0.25) is 4.79 Å². The van der Waals surface area contributed by atoms with Crippen LogP contribution in [0, 0.1) is 12.8 Å². The third-order valence-corrected chi connectivity index (χ3v) is 4.59. The molecule has 0 radical (unpaired) electrons. The lowest BCUT2D eigenvalue weighted by Crippen LogP contribution is -2.14. The summed E-state index contributed by atoms with van der Waals surface area (Å²) in [7, 11) is 1.45. The molecule has 7 nitrogen and oxygen atoms in total. The second-order valence-corrected chi connectivity index (χ2v) is 6.44. The number of rotatable bonds is 7. The van der Waals surface area contributed by atoms with Crippen LogP contribution in [-0.2, 0) is 22.6 Å². The first-order valence-corrected chi connectivity index (χ1v) is 8.20. The average Bonchev–Trinajstić information content (AvgIpc) is 2.94. The highest BCUT2D eigenvalue weighted by Gasteiger charge is 2.34. The quantitative estimate of drug-likeness (QED) is 0.567. The second-order valence-electron chi connectivity index (χ2n) is 6.44. The molecule has 0 spiro atoms.